The van der Waals surface area contributed by atoms with Crippen LogP contribution in [0.15, 0.2) is 12.4 Å². The van der Waals surface area contributed by atoms with E-state index in [-0.39, 0.29) is 13.0 Å². The molecular formula is C8H12N4O2S. The maximum Gasteiger partial charge on any atom is 0.228 e. The summed E-state index contributed by atoms with van der Waals surface area (Å²) in [7, 11) is -3.57. The number of nitrogens with zero attached hydrogens (tertiary/aromatic N) is 2. The third-order valence-electron chi connectivity index (χ3n) is 1.89. The molecule has 6 nitrogen and oxygen atoms in total. The Labute approximate surface area is 88.4 Å². The van der Waals surface area contributed by atoms with Crippen molar-refractivity contribution in [2.75, 3.05) is 0 Å². The maximum absolute atomic E-state index is 11.5. The van der Waals surface area contributed by atoms with E-state index in [2.05, 4.69) is 14.7 Å². The molecule has 0 aliphatic heterocycles. The van der Waals surface area contributed by atoms with Crippen LogP contribution in [0.3, 0.4) is 0 Å². The molecule has 82 valence electrons. The standard InChI is InChI=1S/C8H12N4O2S/c1-2-7(5-9)15(13,14)12-6-8-10-3-4-11-8/h3-4,7,12H,2,6H2,1H3,(H,10,11). The largest absolute Gasteiger partial charge is 0.347 e. The number of H-pyrrole nitrogens is 1. The fourth-order valence-corrected chi connectivity index (χ4v) is 2.16. The van der Waals surface area contributed by atoms with Crippen molar-refractivity contribution in [2.24, 2.45) is 0 Å². The van der Waals surface area contributed by atoms with Crippen molar-refractivity contribution >= 4 is 10.0 Å². The van der Waals surface area contributed by atoms with Gasteiger partial charge in [0.15, 0.2) is 5.25 Å². The van der Waals surface area contributed by atoms with E-state index in [4.69, 9.17) is 5.26 Å². The number of sulfonamides is 1. The second-order valence-electron chi connectivity index (χ2n) is 2.93. The van der Waals surface area contributed by atoms with Crippen LogP contribution in [0.4, 0.5) is 0 Å². The monoisotopic (exact) mass is 228 g/mol. The molecule has 0 fully saturated rings. The van der Waals surface area contributed by atoms with Crippen LogP contribution in [0.5, 0.6) is 0 Å². The minimum absolute atomic E-state index is 0.0769. The molecule has 0 amide bonds. The Hall–Kier alpha value is -1.39. The molecule has 1 atom stereocenters. The molecule has 0 radical (unpaired) electrons. The highest BCUT2D eigenvalue weighted by molar-refractivity contribution is 7.90. The fourth-order valence-electron chi connectivity index (χ4n) is 1.04. The Bertz CT molecular complexity index is 432. The van der Waals surface area contributed by atoms with Gasteiger partial charge >= 0.3 is 0 Å². The van der Waals surface area contributed by atoms with E-state index in [0.29, 0.717) is 5.82 Å². The average Bonchev–Trinajstić information content (AvgIpc) is 2.69. The molecule has 1 aromatic heterocycles. The number of aromatic nitrogens is 2. The predicted molar refractivity (Wildman–Crippen MR) is 54.0 cm³/mol. The van der Waals surface area contributed by atoms with Gasteiger partial charge in [-0.15, -0.1) is 0 Å². The van der Waals surface area contributed by atoms with Gasteiger partial charge in [-0.2, -0.15) is 5.26 Å². The van der Waals surface area contributed by atoms with Crippen molar-refractivity contribution < 1.29 is 8.42 Å². The second-order valence-corrected chi connectivity index (χ2v) is 4.88. The Morgan fingerprint density at radius 2 is 2.47 bits per heavy atom. The summed E-state index contributed by atoms with van der Waals surface area (Å²) in [6, 6.07) is 1.74. The molecule has 2 N–H and O–H groups in total. The zero-order valence-corrected chi connectivity index (χ0v) is 9.08. The van der Waals surface area contributed by atoms with E-state index in [9.17, 15) is 8.42 Å². The zero-order valence-electron chi connectivity index (χ0n) is 8.27. The van der Waals surface area contributed by atoms with Gasteiger partial charge in [0, 0.05) is 12.4 Å². The van der Waals surface area contributed by atoms with Crippen LogP contribution in [0, 0.1) is 11.3 Å². The Kier molecular flexibility index (Phi) is 3.82. The van der Waals surface area contributed by atoms with Crippen LogP contribution in [-0.2, 0) is 16.6 Å². The molecule has 1 unspecified atom stereocenters. The van der Waals surface area contributed by atoms with Gasteiger partial charge < -0.3 is 4.98 Å². The molecular weight excluding hydrogens is 216 g/mol. The smallest absolute Gasteiger partial charge is 0.228 e. The van der Waals surface area contributed by atoms with Gasteiger partial charge in [-0.25, -0.2) is 18.1 Å². The summed E-state index contributed by atoms with van der Waals surface area (Å²) in [5.41, 5.74) is 0. The van der Waals surface area contributed by atoms with Crippen molar-refractivity contribution in [3.63, 3.8) is 0 Å². The molecule has 0 spiro atoms. The molecule has 1 rings (SSSR count). The zero-order chi connectivity index (χ0) is 11.3. The summed E-state index contributed by atoms with van der Waals surface area (Å²) in [4.78, 5) is 6.63. The van der Waals surface area contributed by atoms with Gasteiger partial charge in [0.25, 0.3) is 0 Å². The molecule has 15 heavy (non-hydrogen) atoms. The highest BCUT2D eigenvalue weighted by atomic mass is 32.2. The number of rotatable bonds is 5. The van der Waals surface area contributed by atoms with Crippen molar-refractivity contribution in [3.05, 3.63) is 18.2 Å². The summed E-state index contributed by atoms with van der Waals surface area (Å²) >= 11 is 0. The van der Waals surface area contributed by atoms with E-state index in [1.54, 1.807) is 19.2 Å². The Balaban J connectivity index is 2.62. The summed E-state index contributed by atoms with van der Waals surface area (Å²) in [5, 5.41) is 7.62. The van der Waals surface area contributed by atoms with Gasteiger partial charge in [0.05, 0.1) is 12.6 Å². The summed E-state index contributed by atoms with van der Waals surface area (Å²) in [5.74, 6) is 0.520. The molecule has 0 aliphatic carbocycles. The lowest BCUT2D eigenvalue weighted by Crippen LogP contribution is -2.33. The van der Waals surface area contributed by atoms with Crippen molar-refractivity contribution in [1.29, 1.82) is 5.26 Å². The third kappa shape index (κ3) is 3.04. The third-order valence-corrected chi connectivity index (χ3v) is 3.62. The second kappa shape index (κ2) is 4.91. The topological polar surface area (TPSA) is 98.6 Å². The SMILES string of the molecule is CCC(C#N)S(=O)(=O)NCc1ncc[nH]1. The first-order valence-corrected chi connectivity index (χ1v) is 6.01. The van der Waals surface area contributed by atoms with E-state index in [1.807, 2.05) is 0 Å². The molecule has 0 saturated carbocycles. The molecule has 0 saturated heterocycles. The molecule has 1 heterocycles. The summed E-state index contributed by atoms with van der Waals surface area (Å²) < 4.78 is 25.3. The lowest BCUT2D eigenvalue weighted by molar-refractivity contribution is 0.570. The molecule has 0 aromatic carbocycles. The lowest BCUT2D eigenvalue weighted by Gasteiger charge is -2.08. The highest BCUT2D eigenvalue weighted by Gasteiger charge is 2.22. The van der Waals surface area contributed by atoms with Gasteiger partial charge in [-0.3, -0.25) is 0 Å². The van der Waals surface area contributed by atoms with Gasteiger partial charge in [0.2, 0.25) is 10.0 Å². The quantitative estimate of drug-likeness (QED) is 0.748. The first-order chi connectivity index (χ1) is 7.10. The minimum Gasteiger partial charge on any atom is -0.347 e. The van der Waals surface area contributed by atoms with Crippen LogP contribution in [0.2, 0.25) is 0 Å². The van der Waals surface area contributed by atoms with E-state index < -0.39 is 15.3 Å². The molecule has 1 aromatic rings. The Morgan fingerprint density at radius 1 is 1.73 bits per heavy atom. The van der Waals surface area contributed by atoms with Crippen LogP contribution < -0.4 is 4.72 Å². The fraction of sp³-hybridized carbons (Fsp3) is 0.500. The predicted octanol–water partition coefficient (Wildman–Crippen LogP) is 0.131. The number of aromatic amines is 1. The van der Waals surface area contributed by atoms with Gasteiger partial charge in [0.1, 0.15) is 5.82 Å². The number of nitriles is 1. The van der Waals surface area contributed by atoms with E-state index >= 15 is 0 Å². The van der Waals surface area contributed by atoms with Gasteiger partial charge in [-0.1, -0.05) is 6.92 Å². The van der Waals surface area contributed by atoms with Gasteiger partial charge in [-0.05, 0) is 6.42 Å². The first kappa shape index (κ1) is 11.7. The molecule has 7 heteroatoms. The van der Waals surface area contributed by atoms with Crippen molar-refractivity contribution in [1.82, 2.24) is 14.7 Å². The summed E-state index contributed by atoms with van der Waals surface area (Å²) in [6.07, 6.45) is 3.40. The van der Waals surface area contributed by atoms with E-state index in [1.165, 1.54) is 6.20 Å². The van der Waals surface area contributed by atoms with Crippen molar-refractivity contribution in [2.45, 2.75) is 25.1 Å². The summed E-state index contributed by atoms with van der Waals surface area (Å²) in [6.45, 7) is 1.73. The van der Waals surface area contributed by atoms with E-state index in [0.717, 1.165) is 0 Å². The maximum atomic E-state index is 11.5. The Morgan fingerprint density at radius 3 is 2.93 bits per heavy atom. The molecule has 0 aliphatic rings. The minimum atomic E-state index is -3.57. The first-order valence-electron chi connectivity index (χ1n) is 4.46. The number of hydrogen-bond donors (Lipinski definition) is 2. The van der Waals surface area contributed by atoms with Crippen LogP contribution in [0.25, 0.3) is 0 Å². The number of imidazole rings is 1. The van der Waals surface area contributed by atoms with Crippen molar-refractivity contribution in [3.8, 4) is 6.07 Å². The molecule has 0 bridgehead atoms. The number of nitrogens with one attached hydrogen (secondary N) is 2. The van der Waals surface area contributed by atoms with Crippen LogP contribution in [-0.4, -0.2) is 23.6 Å². The highest BCUT2D eigenvalue weighted by Crippen LogP contribution is 2.03. The van der Waals surface area contributed by atoms with Crippen LogP contribution in [0.1, 0.15) is 19.2 Å². The number of hydrogen-bond acceptors (Lipinski definition) is 4. The average molecular weight is 228 g/mol. The lowest BCUT2D eigenvalue weighted by atomic mass is 10.4. The van der Waals surface area contributed by atoms with Crippen LogP contribution >= 0.6 is 0 Å². The normalized spacial score (nSPS) is 13.3.